The fourth-order valence-electron chi connectivity index (χ4n) is 0.666. The number of hydrogen-bond donors (Lipinski definition) is 0. The molecule has 1 aromatic carbocycles. The van der Waals surface area contributed by atoms with Gasteiger partial charge in [0.2, 0.25) is 0 Å². The first-order chi connectivity index (χ1) is 5.15. The van der Waals surface area contributed by atoms with E-state index in [0.717, 1.165) is 9.13 Å². The molecule has 0 unspecified atom stereocenters. The van der Waals surface area contributed by atoms with Crippen molar-refractivity contribution in [1.29, 1.82) is 0 Å². The Balaban J connectivity index is 3.21. The lowest BCUT2D eigenvalue weighted by Gasteiger charge is -2.01. The summed E-state index contributed by atoms with van der Waals surface area (Å²) in [4.78, 5) is 0. The van der Waals surface area contributed by atoms with E-state index in [1.165, 1.54) is 6.07 Å². The van der Waals surface area contributed by atoms with Gasteiger partial charge in [-0.15, -0.1) is 11.6 Å². The van der Waals surface area contributed by atoms with E-state index in [0.29, 0.717) is 9.45 Å². The third kappa shape index (κ3) is 2.42. The highest BCUT2D eigenvalue weighted by atomic mass is 127. The van der Waals surface area contributed by atoms with Crippen molar-refractivity contribution in [3.63, 3.8) is 0 Å². The number of benzene rings is 1. The Kier molecular flexibility index (Phi) is 3.84. The highest BCUT2D eigenvalue weighted by Gasteiger charge is 2.04. The van der Waals surface area contributed by atoms with Gasteiger partial charge < -0.3 is 0 Å². The Morgan fingerprint density at radius 2 is 1.91 bits per heavy atom. The Hall–Kier alpha value is 0.900. The average molecular weight is 396 g/mol. The van der Waals surface area contributed by atoms with Crippen molar-refractivity contribution in [2.24, 2.45) is 0 Å². The lowest BCUT2D eigenvalue weighted by Crippen LogP contribution is -1.89. The minimum absolute atomic E-state index is 0.193. The van der Waals surface area contributed by atoms with Crippen LogP contribution in [-0.4, -0.2) is 0 Å². The van der Waals surface area contributed by atoms with Crippen molar-refractivity contribution in [1.82, 2.24) is 0 Å². The van der Waals surface area contributed by atoms with Gasteiger partial charge in [-0.25, -0.2) is 4.39 Å². The van der Waals surface area contributed by atoms with E-state index in [9.17, 15) is 4.39 Å². The third-order valence-corrected chi connectivity index (χ3v) is 3.35. The van der Waals surface area contributed by atoms with Gasteiger partial charge in [0.15, 0.2) is 0 Å². The van der Waals surface area contributed by atoms with Crippen molar-refractivity contribution < 1.29 is 4.39 Å². The van der Waals surface area contributed by atoms with E-state index in [-0.39, 0.29) is 5.82 Å². The summed E-state index contributed by atoms with van der Waals surface area (Å²) in [6.07, 6.45) is 0. The number of hydrogen-bond acceptors (Lipinski definition) is 0. The molecule has 0 atom stereocenters. The van der Waals surface area contributed by atoms with Crippen molar-refractivity contribution in [3.8, 4) is 0 Å². The molecular formula is C7H4ClFI2. The van der Waals surface area contributed by atoms with Gasteiger partial charge in [0.1, 0.15) is 5.82 Å². The summed E-state index contributed by atoms with van der Waals surface area (Å²) in [6, 6.07) is 3.27. The standard InChI is InChI=1S/C7H4ClFI2/c8-3-4-1-5(9)7(11)2-6(4)10/h1-2H,3H2. The molecule has 0 radical (unpaired) electrons. The topological polar surface area (TPSA) is 0 Å². The fraction of sp³-hybridized carbons (Fsp3) is 0.143. The summed E-state index contributed by atoms with van der Waals surface area (Å²) in [7, 11) is 0. The lowest BCUT2D eigenvalue weighted by molar-refractivity contribution is 0.618. The summed E-state index contributed by atoms with van der Waals surface area (Å²) in [5, 5.41) is 0. The van der Waals surface area contributed by atoms with Gasteiger partial charge in [-0.05, 0) is 62.9 Å². The molecule has 0 spiro atoms. The molecule has 0 saturated carbocycles. The predicted octanol–water partition coefficient (Wildman–Crippen LogP) is 3.77. The maximum atomic E-state index is 12.9. The largest absolute Gasteiger partial charge is 0.206 e. The first kappa shape index (κ1) is 9.98. The second-order valence-corrected chi connectivity index (χ2v) is 4.58. The zero-order chi connectivity index (χ0) is 8.43. The second kappa shape index (κ2) is 4.23. The molecule has 1 aromatic rings. The van der Waals surface area contributed by atoms with Gasteiger partial charge in [0.05, 0.1) is 0 Å². The SMILES string of the molecule is Fc1cc(CCl)c(I)cc1I. The number of rotatable bonds is 1. The Morgan fingerprint density at radius 1 is 1.27 bits per heavy atom. The van der Waals surface area contributed by atoms with Crippen LogP contribution in [0.1, 0.15) is 5.56 Å². The normalized spacial score (nSPS) is 10.2. The first-order valence-corrected chi connectivity index (χ1v) is 5.53. The van der Waals surface area contributed by atoms with Crippen LogP contribution in [0.2, 0.25) is 0 Å². The van der Waals surface area contributed by atoms with E-state index in [2.05, 4.69) is 22.6 Å². The molecule has 0 aromatic heterocycles. The molecule has 0 aliphatic carbocycles. The van der Waals surface area contributed by atoms with E-state index in [1.54, 1.807) is 6.07 Å². The van der Waals surface area contributed by atoms with Gasteiger partial charge in [-0.1, -0.05) is 0 Å². The Morgan fingerprint density at radius 3 is 2.45 bits per heavy atom. The first-order valence-electron chi connectivity index (χ1n) is 2.84. The van der Waals surface area contributed by atoms with Crippen LogP contribution in [0.3, 0.4) is 0 Å². The fourth-order valence-corrected chi connectivity index (χ4v) is 2.83. The van der Waals surface area contributed by atoms with Crippen molar-refractivity contribution in [2.45, 2.75) is 5.88 Å². The molecular weight excluding hydrogens is 392 g/mol. The van der Waals surface area contributed by atoms with Crippen molar-refractivity contribution >= 4 is 56.8 Å². The lowest BCUT2D eigenvalue weighted by atomic mass is 10.2. The summed E-state index contributed by atoms with van der Waals surface area (Å²) in [5.74, 6) is 0.174. The van der Waals surface area contributed by atoms with Crippen LogP contribution in [0.5, 0.6) is 0 Å². The smallest absolute Gasteiger partial charge is 0.136 e. The summed E-state index contributed by atoms with van der Waals surface area (Å²) >= 11 is 9.69. The molecule has 0 fully saturated rings. The Labute approximate surface area is 96.8 Å². The van der Waals surface area contributed by atoms with Crippen LogP contribution in [0.15, 0.2) is 12.1 Å². The molecule has 4 heteroatoms. The summed E-state index contributed by atoms with van der Waals surface area (Å²) in [5.41, 5.74) is 0.852. The van der Waals surface area contributed by atoms with E-state index in [4.69, 9.17) is 11.6 Å². The molecule has 0 bridgehead atoms. The zero-order valence-corrected chi connectivity index (χ0v) is 10.4. The number of alkyl halides is 1. The van der Waals surface area contributed by atoms with E-state index in [1.807, 2.05) is 22.6 Å². The van der Waals surface area contributed by atoms with E-state index < -0.39 is 0 Å². The second-order valence-electron chi connectivity index (χ2n) is 1.99. The van der Waals surface area contributed by atoms with Crippen LogP contribution in [0, 0.1) is 13.0 Å². The summed E-state index contributed by atoms with van der Waals surface area (Å²) < 4.78 is 14.5. The maximum absolute atomic E-state index is 12.9. The minimum Gasteiger partial charge on any atom is -0.206 e. The molecule has 60 valence electrons. The Bertz CT molecular complexity index is 275. The molecule has 0 aliphatic rings. The quantitative estimate of drug-likeness (QED) is 0.385. The predicted molar refractivity (Wildman–Crippen MR) is 61.4 cm³/mol. The molecule has 11 heavy (non-hydrogen) atoms. The average Bonchev–Trinajstić information content (AvgIpc) is 1.97. The molecule has 1 rings (SSSR count). The van der Waals surface area contributed by atoms with Gasteiger partial charge in [-0.3, -0.25) is 0 Å². The maximum Gasteiger partial charge on any atom is 0.136 e. The number of halogens is 4. The molecule has 0 saturated heterocycles. The molecule has 0 aliphatic heterocycles. The van der Waals surface area contributed by atoms with Crippen LogP contribution < -0.4 is 0 Å². The molecule has 0 nitrogen and oxygen atoms in total. The van der Waals surface area contributed by atoms with Gasteiger partial charge >= 0.3 is 0 Å². The highest BCUT2D eigenvalue weighted by Crippen LogP contribution is 2.20. The van der Waals surface area contributed by atoms with Crippen LogP contribution in [0.4, 0.5) is 4.39 Å². The minimum atomic E-state index is -0.193. The van der Waals surface area contributed by atoms with Crippen LogP contribution in [-0.2, 0) is 5.88 Å². The van der Waals surface area contributed by atoms with Crippen LogP contribution in [0.25, 0.3) is 0 Å². The molecule has 0 heterocycles. The van der Waals surface area contributed by atoms with Gasteiger partial charge in [0, 0.05) is 13.0 Å². The molecule has 0 amide bonds. The van der Waals surface area contributed by atoms with E-state index >= 15 is 0 Å². The van der Waals surface area contributed by atoms with Crippen LogP contribution >= 0.6 is 56.8 Å². The van der Waals surface area contributed by atoms with Gasteiger partial charge in [-0.2, -0.15) is 0 Å². The summed E-state index contributed by atoms with van der Waals surface area (Å²) in [6.45, 7) is 0. The molecule has 0 N–H and O–H groups in total. The zero-order valence-electron chi connectivity index (χ0n) is 5.37. The monoisotopic (exact) mass is 396 g/mol. The third-order valence-electron chi connectivity index (χ3n) is 1.23. The van der Waals surface area contributed by atoms with Crippen molar-refractivity contribution in [2.75, 3.05) is 0 Å². The van der Waals surface area contributed by atoms with Gasteiger partial charge in [0.25, 0.3) is 0 Å². The van der Waals surface area contributed by atoms with Crippen molar-refractivity contribution in [3.05, 3.63) is 30.7 Å². The highest BCUT2D eigenvalue weighted by molar-refractivity contribution is 14.1.